The molecule has 0 bridgehead atoms. The molecule has 186 valence electrons. The highest BCUT2D eigenvalue weighted by Gasteiger charge is 2.26. The maximum Gasteiger partial charge on any atom is 0.0994 e. The quantitative estimate of drug-likeness (QED) is 0.234. The maximum absolute atomic E-state index is 4.97. The van der Waals surface area contributed by atoms with E-state index >= 15 is 0 Å². The number of benzene rings is 5. The Kier molecular flexibility index (Phi) is 4.27. The lowest BCUT2D eigenvalue weighted by atomic mass is 10.1. The van der Waals surface area contributed by atoms with Gasteiger partial charge in [-0.3, -0.25) is 15.0 Å². The second-order valence-electron chi connectivity index (χ2n) is 10.1. The van der Waals surface area contributed by atoms with Crippen LogP contribution >= 0.6 is 0 Å². The van der Waals surface area contributed by atoms with Crippen molar-refractivity contribution in [2.24, 2.45) is 0 Å². The minimum absolute atomic E-state index is 0.911. The van der Waals surface area contributed by atoms with E-state index in [4.69, 9.17) is 9.97 Å². The lowest BCUT2D eigenvalue weighted by Crippen LogP contribution is -2.00. The molecule has 0 saturated carbocycles. The second kappa shape index (κ2) is 7.98. The van der Waals surface area contributed by atoms with Crippen molar-refractivity contribution in [1.29, 1.82) is 0 Å². The number of aromatic nitrogens is 5. The van der Waals surface area contributed by atoms with Gasteiger partial charge in [-0.15, -0.1) is 0 Å². The molecule has 0 unspecified atom stereocenters. The van der Waals surface area contributed by atoms with Gasteiger partial charge in [0.15, 0.2) is 0 Å². The molecular weight excluding hydrogens is 490 g/mol. The van der Waals surface area contributed by atoms with Gasteiger partial charge < -0.3 is 9.13 Å². The van der Waals surface area contributed by atoms with Crippen LogP contribution in [0.2, 0.25) is 0 Å². The molecule has 0 amide bonds. The van der Waals surface area contributed by atoms with Crippen LogP contribution < -0.4 is 0 Å². The molecule has 0 aliphatic rings. The molecule has 5 aromatic carbocycles. The van der Waals surface area contributed by atoms with E-state index in [1.165, 1.54) is 0 Å². The van der Waals surface area contributed by atoms with Crippen molar-refractivity contribution < 1.29 is 0 Å². The number of fused-ring (bicyclic) bond motifs is 11. The Morgan fingerprint density at radius 3 is 1.68 bits per heavy atom. The summed E-state index contributed by atoms with van der Waals surface area (Å²) in [7, 11) is 0. The van der Waals surface area contributed by atoms with Crippen LogP contribution in [-0.2, 0) is 0 Å². The van der Waals surface area contributed by atoms with Gasteiger partial charge in [-0.1, -0.05) is 72.8 Å². The van der Waals surface area contributed by atoms with Crippen LogP contribution in [0, 0.1) is 0 Å². The van der Waals surface area contributed by atoms with Crippen LogP contribution in [0.5, 0.6) is 0 Å². The van der Waals surface area contributed by atoms with Crippen LogP contribution in [0.3, 0.4) is 0 Å². The van der Waals surface area contributed by atoms with Crippen molar-refractivity contribution in [3.8, 4) is 11.4 Å². The van der Waals surface area contributed by atoms with E-state index in [2.05, 4.69) is 117 Å². The highest BCUT2D eigenvalue weighted by atomic mass is 15.1. The van der Waals surface area contributed by atoms with E-state index in [1.54, 1.807) is 12.4 Å². The summed E-state index contributed by atoms with van der Waals surface area (Å²) in [4.78, 5) is 14.6. The smallest absolute Gasteiger partial charge is 0.0994 e. The van der Waals surface area contributed by atoms with Gasteiger partial charge in [0.25, 0.3) is 0 Å². The minimum atomic E-state index is 0.911. The highest BCUT2D eigenvalue weighted by molar-refractivity contribution is 6.35. The lowest BCUT2D eigenvalue weighted by molar-refractivity contribution is 1.15. The van der Waals surface area contributed by atoms with Gasteiger partial charge in [0.05, 0.1) is 44.3 Å². The molecule has 0 aliphatic heterocycles. The Balaban J connectivity index is 1.67. The van der Waals surface area contributed by atoms with Crippen molar-refractivity contribution in [3.05, 3.63) is 128 Å². The SMILES string of the molecule is c1ccc(-n2c3ccccc3c3c4nccnc4c4c5ccccc5n(-c5ccnc6ccccc56)c4c32)cc1. The fraction of sp³-hybridized carbons (Fsp3) is 0. The molecule has 0 saturated heterocycles. The molecular formula is C35H21N5. The van der Waals surface area contributed by atoms with Gasteiger partial charge in [0.1, 0.15) is 0 Å². The Labute approximate surface area is 228 Å². The molecule has 0 aliphatic carbocycles. The standard InChI is InChI=1S/C35H21N5/c1-2-10-22(11-3-1)39-27-16-8-5-13-24(27)30-32-33(38-21-20-37-32)31-25-14-6-9-17-28(25)40(35(31)34(30)39)29-18-19-36-26-15-7-4-12-23(26)29/h1-21H. The molecule has 0 fully saturated rings. The molecule has 4 heterocycles. The summed E-state index contributed by atoms with van der Waals surface area (Å²) in [6.45, 7) is 0. The Hall–Kier alpha value is -5.55. The molecule has 5 heteroatoms. The number of hydrogen-bond donors (Lipinski definition) is 0. The van der Waals surface area contributed by atoms with Crippen LogP contribution in [0.15, 0.2) is 128 Å². The fourth-order valence-electron chi connectivity index (χ4n) is 6.48. The summed E-state index contributed by atoms with van der Waals surface area (Å²) in [5, 5.41) is 5.62. The summed E-state index contributed by atoms with van der Waals surface area (Å²) in [5.74, 6) is 0. The van der Waals surface area contributed by atoms with E-state index in [1.807, 2.05) is 12.3 Å². The molecule has 9 aromatic rings. The summed E-state index contributed by atoms with van der Waals surface area (Å²) in [5.41, 5.74) is 9.48. The van der Waals surface area contributed by atoms with E-state index < -0.39 is 0 Å². The average molecular weight is 512 g/mol. The molecule has 0 spiro atoms. The van der Waals surface area contributed by atoms with E-state index in [0.717, 1.165) is 76.9 Å². The second-order valence-corrected chi connectivity index (χ2v) is 10.1. The van der Waals surface area contributed by atoms with Crippen molar-refractivity contribution in [2.75, 3.05) is 0 Å². The third kappa shape index (κ3) is 2.73. The van der Waals surface area contributed by atoms with Gasteiger partial charge >= 0.3 is 0 Å². The zero-order valence-electron chi connectivity index (χ0n) is 21.4. The van der Waals surface area contributed by atoms with Crippen LogP contribution in [-0.4, -0.2) is 24.1 Å². The van der Waals surface area contributed by atoms with E-state index in [0.29, 0.717) is 0 Å². The summed E-state index contributed by atoms with van der Waals surface area (Å²) in [6.07, 6.45) is 5.51. The van der Waals surface area contributed by atoms with E-state index in [9.17, 15) is 0 Å². The number of hydrogen-bond acceptors (Lipinski definition) is 3. The van der Waals surface area contributed by atoms with Crippen LogP contribution in [0.25, 0.3) is 76.9 Å². The van der Waals surface area contributed by atoms with Crippen molar-refractivity contribution in [2.45, 2.75) is 0 Å². The summed E-state index contributed by atoms with van der Waals surface area (Å²) in [6, 6.07) is 38.3. The molecule has 9 rings (SSSR count). The Morgan fingerprint density at radius 2 is 0.975 bits per heavy atom. The topological polar surface area (TPSA) is 48.5 Å². The monoisotopic (exact) mass is 511 g/mol. The Bertz CT molecular complexity index is 2430. The lowest BCUT2D eigenvalue weighted by Gasteiger charge is -2.14. The van der Waals surface area contributed by atoms with Crippen LogP contribution in [0.4, 0.5) is 0 Å². The predicted molar refractivity (Wildman–Crippen MR) is 164 cm³/mol. The third-order valence-corrected chi connectivity index (χ3v) is 8.03. The number of para-hydroxylation sites is 4. The van der Waals surface area contributed by atoms with Crippen molar-refractivity contribution in [1.82, 2.24) is 24.1 Å². The van der Waals surface area contributed by atoms with Crippen molar-refractivity contribution >= 4 is 65.5 Å². The van der Waals surface area contributed by atoms with Gasteiger partial charge in [0.2, 0.25) is 0 Å². The van der Waals surface area contributed by atoms with Gasteiger partial charge in [-0.25, -0.2) is 0 Å². The van der Waals surface area contributed by atoms with E-state index in [-0.39, 0.29) is 0 Å². The molecule has 5 nitrogen and oxygen atoms in total. The summed E-state index contributed by atoms with van der Waals surface area (Å²) >= 11 is 0. The zero-order valence-corrected chi connectivity index (χ0v) is 21.4. The first-order valence-corrected chi connectivity index (χ1v) is 13.4. The first-order chi connectivity index (χ1) is 19.9. The largest absolute Gasteiger partial charge is 0.307 e. The van der Waals surface area contributed by atoms with Gasteiger partial charge in [0, 0.05) is 51.2 Å². The molecule has 0 atom stereocenters. The number of pyridine rings is 1. The maximum atomic E-state index is 4.97. The molecule has 4 aromatic heterocycles. The number of rotatable bonds is 2. The summed E-state index contributed by atoms with van der Waals surface area (Å²) < 4.78 is 4.79. The number of nitrogens with zero attached hydrogens (tertiary/aromatic N) is 5. The van der Waals surface area contributed by atoms with Gasteiger partial charge in [-0.2, -0.15) is 0 Å². The normalized spacial score (nSPS) is 12.0. The minimum Gasteiger partial charge on any atom is -0.307 e. The van der Waals surface area contributed by atoms with Crippen molar-refractivity contribution in [3.63, 3.8) is 0 Å². The zero-order chi connectivity index (χ0) is 26.2. The average Bonchev–Trinajstić information content (AvgIpc) is 3.55. The fourth-order valence-corrected chi connectivity index (χ4v) is 6.48. The third-order valence-electron chi connectivity index (χ3n) is 8.03. The Morgan fingerprint density at radius 1 is 0.425 bits per heavy atom. The first-order valence-electron chi connectivity index (χ1n) is 13.4. The molecule has 0 N–H and O–H groups in total. The highest BCUT2D eigenvalue weighted by Crippen LogP contribution is 2.45. The first kappa shape index (κ1) is 21.4. The molecule has 40 heavy (non-hydrogen) atoms. The van der Waals surface area contributed by atoms with Gasteiger partial charge in [-0.05, 0) is 36.4 Å². The molecule has 0 radical (unpaired) electrons. The van der Waals surface area contributed by atoms with Crippen LogP contribution in [0.1, 0.15) is 0 Å². The predicted octanol–water partition coefficient (Wildman–Crippen LogP) is 8.37.